The lowest BCUT2D eigenvalue weighted by molar-refractivity contribution is 0.595. The molecule has 2 rings (SSSR count). The van der Waals surface area contributed by atoms with Gasteiger partial charge in [0.1, 0.15) is 5.82 Å². The number of anilines is 1. The van der Waals surface area contributed by atoms with Crippen molar-refractivity contribution in [3.63, 3.8) is 0 Å². The molecule has 3 nitrogen and oxygen atoms in total. The SMILES string of the molecule is Cc1cc(F)ccc1CS(=O)(=O)c1cc(Cl)ccc1N. The second kappa shape index (κ2) is 5.42. The molecular weight excluding hydrogens is 301 g/mol. The second-order valence-corrected chi connectivity index (χ2v) is 6.91. The largest absolute Gasteiger partial charge is 0.398 e. The third-order valence-electron chi connectivity index (χ3n) is 2.96. The predicted molar refractivity (Wildman–Crippen MR) is 77.9 cm³/mol. The average Bonchev–Trinajstić information content (AvgIpc) is 2.35. The first-order chi connectivity index (χ1) is 9.29. The number of nitrogens with two attached hydrogens (primary N) is 1. The average molecular weight is 314 g/mol. The molecule has 6 heteroatoms. The first kappa shape index (κ1) is 14.8. The normalized spacial score (nSPS) is 11.6. The zero-order valence-electron chi connectivity index (χ0n) is 10.7. The molecule has 0 bridgehead atoms. The van der Waals surface area contributed by atoms with Crippen molar-refractivity contribution in [2.45, 2.75) is 17.6 Å². The molecule has 0 aliphatic heterocycles. The minimum atomic E-state index is -3.63. The molecule has 0 amide bonds. The summed E-state index contributed by atoms with van der Waals surface area (Å²) in [6.07, 6.45) is 0. The van der Waals surface area contributed by atoms with Crippen LogP contribution in [0.15, 0.2) is 41.3 Å². The van der Waals surface area contributed by atoms with Crippen LogP contribution in [0.3, 0.4) is 0 Å². The number of nitrogen functional groups attached to an aromatic ring is 1. The van der Waals surface area contributed by atoms with Crippen LogP contribution in [0, 0.1) is 12.7 Å². The van der Waals surface area contributed by atoms with Crippen molar-refractivity contribution >= 4 is 27.1 Å². The highest BCUT2D eigenvalue weighted by Gasteiger charge is 2.20. The number of benzene rings is 2. The third-order valence-corrected chi connectivity index (χ3v) is 4.91. The smallest absolute Gasteiger partial charge is 0.184 e. The predicted octanol–water partition coefficient (Wildman–Crippen LogP) is 3.34. The summed E-state index contributed by atoms with van der Waals surface area (Å²) in [5.41, 5.74) is 6.95. The van der Waals surface area contributed by atoms with E-state index in [2.05, 4.69) is 0 Å². The molecule has 0 aliphatic carbocycles. The van der Waals surface area contributed by atoms with Crippen LogP contribution in [0.1, 0.15) is 11.1 Å². The highest BCUT2D eigenvalue weighted by molar-refractivity contribution is 7.90. The van der Waals surface area contributed by atoms with Gasteiger partial charge in [-0.3, -0.25) is 0 Å². The van der Waals surface area contributed by atoms with Gasteiger partial charge in [0.05, 0.1) is 16.3 Å². The standard InChI is InChI=1S/C14H13ClFNO2S/c1-9-6-12(16)4-2-10(9)8-20(18,19)14-7-11(15)3-5-13(14)17/h2-7H,8,17H2,1H3. The monoisotopic (exact) mass is 313 g/mol. The number of aryl methyl sites for hydroxylation is 1. The van der Waals surface area contributed by atoms with Gasteiger partial charge in [-0.25, -0.2) is 12.8 Å². The fourth-order valence-electron chi connectivity index (χ4n) is 1.88. The molecule has 20 heavy (non-hydrogen) atoms. The number of hydrogen-bond donors (Lipinski definition) is 1. The van der Waals surface area contributed by atoms with E-state index in [-0.39, 0.29) is 16.3 Å². The second-order valence-electron chi connectivity index (χ2n) is 4.51. The highest BCUT2D eigenvalue weighted by Crippen LogP contribution is 2.26. The molecule has 0 aliphatic rings. The van der Waals surface area contributed by atoms with E-state index in [0.29, 0.717) is 16.1 Å². The summed E-state index contributed by atoms with van der Waals surface area (Å²) in [5.74, 6) is -0.644. The van der Waals surface area contributed by atoms with E-state index in [9.17, 15) is 12.8 Å². The molecule has 0 spiro atoms. The Morgan fingerprint density at radius 3 is 2.55 bits per heavy atom. The maximum absolute atomic E-state index is 13.0. The Morgan fingerprint density at radius 1 is 1.20 bits per heavy atom. The van der Waals surface area contributed by atoms with Crippen LogP contribution in [0.25, 0.3) is 0 Å². The van der Waals surface area contributed by atoms with Crippen LogP contribution in [0.4, 0.5) is 10.1 Å². The molecule has 106 valence electrons. The van der Waals surface area contributed by atoms with Crippen LogP contribution in [-0.4, -0.2) is 8.42 Å². The van der Waals surface area contributed by atoms with Crippen LogP contribution in [0.2, 0.25) is 5.02 Å². The maximum Gasteiger partial charge on any atom is 0.184 e. The van der Waals surface area contributed by atoms with Crippen molar-refractivity contribution in [1.82, 2.24) is 0 Å². The van der Waals surface area contributed by atoms with Gasteiger partial charge in [-0.1, -0.05) is 17.7 Å². The van der Waals surface area contributed by atoms with E-state index in [1.807, 2.05) is 0 Å². The first-order valence-corrected chi connectivity index (χ1v) is 7.85. The first-order valence-electron chi connectivity index (χ1n) is 5.82. The quantitative estimate of drug-likeness (QED) is 0.884. The molecule has 0 saturated heterocycles. The Balaban J connectivity index is 2.43. The summed E-state index contributed by atoms with van der Waals surface area (Å²) in [7, 11) is -3.63. The van der Waals surface area contributed by atoms with Crippen LogP contribution in [0.5, 0.6) is 0 Å². The lowest BCUT2D eigenvalue weighted by atomic mass is 10.1. The molecule has 0 saturated carbocycles. The van der Waals surface area contributed by atoms with E-state index >= 15 is 0 Å². The molecule has 0 heterocycles. The zero-order chi connectivity index (χ0) is 14.9. The van der Waals surface area contributed by atoms with E-state index < -0.39 is 15.7 Å². The highest BCUT2D eigenvalue weighted by atomic mass is 35.5. The van der Waals surface area contributed by atoms with Gasteiger partial charge >= 0.3 is 0 Å². The Morgan fingerprint density at radius 2 is 1.90 bits per heavy atom. The fraction of sp³-hybridized carbons (Fsp3) is 0.143. The fourth-order valence-corrected chi connectivity index (χ4v) is 3.74. The van der Waals surface area contributed by atoms with Crippen molar-refractivity contribution in [2.24, 2.45) is 0 Å². The molecule has 0 aromatic heterocycles. The van der Waals surface area contributed by atoms with E-state index in [1.54, 1.807) is 6.92 Å². The summed E-state index contributed by atoms with van der Waals surface area (Å²) in [4.78, 5) is -0.00581. The lowest BCUT2D eigenvalue weighted by Crippen LogP contribution is -2.09. The van der Waals surface area contributed by atoms with Crippen LogP contribution in [-0.2, 0) is 15.6 Å². The summed E-state index contributed by atoms with van der Waals surface area (Å²) < 4.78 is 37.8. The van der Waals surface area contributed by atoms with Crippen molar-refractivity contribution in [3.05, 3.63) is 58.4 Å². The van der Waals surface area contributed by atoms with E-state index in [4.69, 9.17) is 17.3 Å². The molecule has 2 aromatic rings. The molecular formula is C14H13ClFNO2S. The summed E-state index contributed by atoms with van der Waals surface area (Å²) in [6.45, 7) is 1.66. The van der Waals surface area contributed by atoms with Gasteiger partial charge in [-0.15, -0.1) is 0 Å². The van der Waals surface area contributed by atoms with E-state index in [1.165, 1.54) is 36.4 Å². The van der Waals surface area contributed by atoms with Gasteiger partial charge in [0.2, 0.25) is 0 Å². The van der Waals surface area contributed by atoms with Crippen molar-refractivity contribution in [2.75, 3.05) is 5.73 Å². The summed E-state index contributed by atoms with van der Waals surface area (Å²) in [6, 6.07) is 8.30. The Labute approximate surface area is 122 Å². The maximum atomic E-state index is 13.0. The van der Waals surface area contributed by atoms with Gasteiger partial charge in [-0.05, 0) is 48.4 Å². The zero-order valence-corrected chi connectivity index (χ0v) is 12.3. The van der Waals surface area contributed by atoms with E-state index in [0.717, 1.165) is 0 Å². The van der Waals surface area contributed by atoms with Gasteiger partial charge in [0.15, 0.2) is 9.84 Å². The molecule has 0 radical (unpaired) electrons. The number of sulfone groups is 1. The molecule has 0 unspecified atom stereocenters. The Hall–Kier alpha value is -1.59. The van der Waals surface area contributed by atoms with Gasteiger partial charge < -0.3 is 5.73 Å². The van der Waals surface area contributed by atoms with Crippen molar-refractivity contribution < 1.29 is 12.8 Å². The number of halogens is 2. The lowest BCUT2D eigenvalue weighted by Gasteiger charge is -2.10. The molecule has 2 N–H and O–H groups in total. The summed E-state index contributed by atoms with van der Waals surface area (Å²) in [5, 5.41) is 0.300. The van der Waals surface area contributed by atoms with Crippen molar-refractivity contribution in [1.29, 1.82) is 0 Å². The Bertz CT molecular complexity index is 760. The number of rotatable bonds is 3. The van der Waals surface area contributed by atoms with Gasteiger partial charge in [0.25, 0.3) is 0 Å². The minimum Gasteiger partial charge on any atom is -0.398 e. The minimum absolute atomic E-state index is 0.00581. The third kappa shape index (κ3) is 3.11. The van der Waals surface area contributed by atoms with Crippen LogP contribution >= 0.6 is 11.6 Å². The topological polar surface area (TPSA) is 60.2 Å². The summed E-state index contributed by atoms with van der Waals surface area (Å²) >= 11 is 5.81. The number of hydrogen-bond acceptors (Lipinski definition) is 3. The van der Waals surface area contributed by atoms with Crippen LogP contribution < -0.4 is 5.73 Å². The molecule has 2 aromatic carbocycles. The van der Waals surface area contributed by atoms with Gasteiger partial charge in [-0.2, -0.15) is 0 Å². The molecule has 0 atom stereocenters. The molecule has 0 fully saturated rings. The Kier molecular flexibility index (Phi) is 4.01. The van der Waals surface area contributed by atoms with Crippen molar-refractivity contribution in [3.8, 4) is 0 Å². The van der Waals surface area contributed by atoms with Gasteiger partial charge in [0, 0.05) is 5.02 Å².